The van der Waals surface area contributed by atoms with E-state index in [4.69, 9.17) is 20.9 Å². The molecule has 0 spiro atoms. The van der Waals surface area contributed by atoms with Gasteiger partial charge in [0.15, 0.2) is 0 Å². The Morgan fingerprint density at radius 2 is 1.78 bits per heavy atom. The summed E-state index contributed by atoms with van der Waals surface area (Å²) in [6, 6.07) is 5.37. The summed E-state index contributed by atoms with van der Waals surface area (Å²) < 4.78 is 12.1. The lowest BCUT2D eigenvalue weighted by Crippen LogP contribution is -2.41. The summed E-state index contributed by atoms with van der Waals surface area (Å²) in [5.74, 6) is 0.298. The third-order valence-corrected chi connectivity index (χ3v) is 4.72. The highest BCUT2D eigenvalue weighted by atomic mass is 35.5. The maximum absolute atomic E-state index is 11.9. The van der Waals surface area contributed by atoms with Crippen molar-refractivity contribution in [2.45, 2.75) is 59.2 Å². The minimum atomic E-state index is -0.547. The number of rotatable bonds is 4. The van der Waals surface area contributed by atoms with Crippen LogP contribution in [0.4, 0.5) is 5.69 Å². The second-order valence-electron chi connectivity index (χ2n) is 7.47. The van der Waals surface area contributed by atoms with Crippen LogP contribution in [-0.2, 0) is 14.1 Å². The van der Waals surface area contributed by atoms with Crippen molar-refractivity contribution in [3.05, 3.63) is 23.2 Å². The van der Waals surface area contributed by atoms with E-state index in [2.05, 4.69) is 5.32 Å². The van der Waals surface area contributed by atoms with E-state index < -0.39 is 18.3 Å². The molecule has 1 aromatic carbocycles. The van der Waals surface area contributed by atoms with Gasteiger partial charge in [0.05, 0.1) is 11.2 Å². The summed E-state index contributed by atoms with van der Waals surface area (Å²) in [6.45, 7) is 12.0. The third kappa shape index (κ3) is 4.08. The molecule has 1 N–H and O–H groups in total. The normalized spacial score (nSPS) is 19.2. The molecule has 1 heterocycles. The van der Waals surface area contributed by atoms with Crippen LogP contribution in [0.15, 0.2) is 18.2 Å². The van der Waals surface area contributed by atoms with E-state index in [0.717, 1.165) is 5.46 Å². The molecule has 1 aliphatic rings. The minimum absolute atomic E-state index is 0.0119. The summed E-state index contributed by atoms with van der Waals surface area (Å²) >= 11 is 6.31. The summed E-state index contributed by atoms with van der Waals surface area (Å²) in [6.07, 6.45) is 0.481. The Hall–Kier alpha value is -1.04. The number of benzene rings is 1. The van der Waals surface area contributed by atoms with Gasteiger partial charge >= 0.3 is 7.12 Å². The molecule has 1 aliphatic heterocycles. The van der Waals surface area contributed by atoms with E-state index in [1.165, 1.54) is 0 Å². The minimum Gasteiger partial charge on any atom is -0.399 e. The standard InChI is InChI=1S/C17H25BClNO3/c1-11(2)9-15(21)20-12-7-8-14(19)13(10-12)18-22-16(3,4)17(5,6)23-18/h7-8,10-11H,9H2,1-6H3,(H,20,21). The molecule has 0 unspecified atom stereocenters. The third-order valence-electron chi connectivity index (χ3n) is 4.38. The van der Waals surface area contributed by atoms with Gasteiger partial charge in [-0.1, -0.05) is 25.4 Å². The molecule has 0 atom stereocenters. The van der Waals surface area contributed by atoms with Crippen molar-refractivity contribution in [1.29, 1.82) is 0 Å². The predicted octanol–water partition coefficient (Wildman–Crippen LogP) is 3.62. The fourth-order valence-electron chi connectivity index (χ4n) is 2.35. The maximum atomic E-state index is 11.9. The topological polar surface area (TPSA) is 47.6 Å². The molecule has 0 radical (unpaired) electrons. The van der Waals surface area contributed by atoms with Crippen molar-refractivity contribution in [3.63, 3.8) is 0 Å². The molecule has 2 rings (SSSR count). The van der Waals surface area contributed by atoms with Crippen LogP contribution >= 0.6 is 11.6 Å². The Kier molecular flexibility index (Phi) is 5.14. The summed E-state index contributed by atoms with van der Waals surface area (Å²) in [7, 11) is -0.547. The van der Waals surface area contributed by atoms with Crippen molar-refractivity contribution >= 4 is 35.8 Å². The van der Waals surface area contributed by atoms with E-state index >= 15 is 0 Å². The lowest BCUT2D eigenvalue weighted by atomic mass is 9.79. The van der Waals surface area contributed by atoms with Gasteiger partial charge in [0, 0.05) is 22.6 Å². The number of hydrogen-bond donors (Lipinski definition) is 1. The number of nitrogens with one attached hydrogen (secondary N) is 1. The molecular formula is C17H25BClNO3. The smallest absolute Gasteiger partial charge is 0.399 e. The Balaban J connectivity index is 2.21. The number of hydrogen-bond acceptors (Lipinski definition) is 3. The number of carbonyl (C=O) groups excluding carboxylic acids is 1. The molecule has 0 aliphatic carbocycles. The molecule has 6 heteroatoms. The van der Waals surface area contributed by atoms with Gasteiger partial charge in [-0.05, 0) is 51.8 Å². The quantitative estimate of drug-likeness (QED) is 0.854. The second-order valence-corrected chi connectivity index (χ2v) is 7.88. The lowest BCUT2D eigenvalue weighted by molar-refractivity contribution is -0.116. The van der Waals surface area contributed by atoms with Crippen LogP contribution in [0, 0.1) is 5.92 Å². The number of halogens is 1. The van der Waals surface area contributed by atoms with E-state index in [0.29, 0.717) is 23.0 Å². The van der Waals surface area contributed by atoms with Gasteiger partial charge in [-0.2, -0.15) is 0 Å². The van der Waals surface area contributed by atoms with Gasteiger partial charge in [-0.3, -0.25) is 4.79 Å². The van der Waals surface area contributed by atoms with Crippen LogP contribution < -0.4 is 10.8 Å². The van der Waals surface area contributed by atoms with Gasteiger partial charge in [-0.25, -0.2) is 0 Å². The highest BCUT2D eigenvalue weighted by Gasteiger charge is 2.52. The van der Waals surface area contributed by atoms with E-state index in [9.17, 15) is 4.79 Å². The first-order chi connectivity index (χ1) is 10.5. The maximum Gasteiger partial charge on any atom is 0.496 e. The monoisotopic (exact) mass is 337 g/mol. The van der Waals surface area contributed by atoms with Crippen molar-refractivity contribution in [3.8, 4) is 0 Å². The molecule has 23 heavy (non-hydrogen) atoms. The zero-order chi connectivity index (χ0) is 17.4. The van der Waals surface area contributed by atoms with E-state index in [1.54, 1.807) is 12.1 Å². The average molecular weight is 338 g/mol. The molecule has 1 saturated heterocycles. The van der Waals surface area contributed by atoms with Gasteiger partial charge in [0.1, 0.15) is 0 Å². The zero-order valence-corrected chi connectivity index (χ0v) is 15.5. The van der Waals surface area contributed by atoms with E-state index in [-0.39, 0.29) is 5.91 Å². The fourth-order valence-corrected chi connectivity index (χ4v) is 2.56. The van der Waals surface area contributed by atoms with Gasteiger partial charge in [0.25, 0.3) is 0 Å². The molecule has 0 bridgehead atoms. The highest BCUT2D eigenvalue weighted by molar-refractivity contribution is 6.65. The zero-order valence-electron chi connectivity index (χ0n) is 14.7. The van der Waals surface area contributed by atoms with Crippen LogP contribution in [0.5, 0.6) is 0 Å². The second kappa shape index (κ2) is 6.46. The fraction of sp³-hybridized carbons (Fsp3) is 0.588. The highest BCUT2D eigenvalue weighted by Crippen LogP contribution is 2.37. The van der Waals surface area contributed by atoms with Crippen molar-refractivity contribution in [2.24, 2.45) is 5.92 Å². The molecule has 1 fully saturated rings. The van der Waals surface area contributed by atoms with Gasteiger partial charge in [-0.15, -0.1) is 0 Å². The van der Waals surface area contributed by atoms with Gasteiger partial charge < -0.3 is 14.6 Å². The first-order valence-electron chi connectivity index (χ1n) is 7.97. The van der Waals surface area contributed by atoms with Crippen LogP contribution in [0.25, 0.3) is 0 Å². The van der Waals surface area contributed by atoms with Crippen LogP contribution in [0.1, 0.15) is 48.0 Å². The number of anilines is 1. The lowest BCUT2D eigenvalue weighted by Gasteiger charge is -2.32. The summed E-state index contributed by atoms with van der Waals surface area (Å²) in [4.78, 5) is 11.9. The van der Waals surface area contributed by atoms with Gasteiger partial charge in [0.2, 0.25) is 5.91 Å². The SMILES string of the molecule is CC(C)CC(=O)Nc1ccc(Cl)c(B2OC(C)(C)C(C)(C)O2)c1. The number of carbonyl (C=O) groups is 1. The number of amides is 1. The van der Waals surface area contributed by atoms with Crippen molar-refractivity contribution in [2.75, 3.05) is 5.32 Å². The largest absolute Gasteiger partial charge is 0.496 e. The molecule has 4 nitrogen and oxygen atoms in total. The predicted molar refractivity (Wildman–Crippen MR) is 95.3 cm³/mol. The van der Waals surface area contributed by atoms with Crippen molar-refractivity contribution < 1.29 is 14.1 Å². The summed E-state index contributed by atoms with van der Waals surface area (Å²) in [5, 5.41) is 3.46. The molecule has 0 saturated carbocycles. The van der Waals surface area contributed by atoms with Crippen molar-refractivity contribution in [1.82, 2.24) is 0 Å². The van der Waals surface area contributed by atoms with Crippen LogP contribution in [0.2, 0.25) is 5.02 Å². The average Bonchev–Trinajstić information content (AvgIpc) is 2.59. The molecule has 1 amide bonds. The molecular weight excluding hydrogens is 312 g/mol. The molecule has 0 aromatic heterocycles. The van der Waals surface area contributed by atoms with Crippen LogP contribution in [-0.4, -0.2) is 24.2 Å². The van der Waals surface area contributed by atoms with Crippen LogP contribution in [0.3, 0.4) is 0 Å². The Bertz CT molecular complexity index is 586. The Morgan fingerprint density at radius 3 is 2.30 bits per heavy atom. The Labute approximate surface area is 144 Å². The first kappa shape index (κ1) is 18.3. The first-order valence-corrected chi connectivity index (χ1v) is 8.34. The molecule has 126 valence electrons. The van der Waals surface area contributed by atoms with E-state index in [1.807, 2.05) is 47.6 Å². The summed E-state index contributed by atoms with van der Waals surface area (Å²) in [5.41, 5.74) is 0.563. The Morgan fingerprint density at radius 1 is 1.22 bits per heavy atom. The molecule has 1 aromatic rings.